The van der Waals surface area contributed by atoms with Crippen LogP contribution in [-0.2, 0) is 4.79 Å². The molecule has 1 amide bonds. The van der Waals surface area contributed by atoms with E-state index in [0.717, 1.165) is 0 Å². The molecule has 82 valence electrons. The molecule has 0 radical (unpaired) electrons. The Labute approximate surface area is 77.8 Å². The Hall–Kier alpha value is -0.850. The molecule has 7 heteroatoms. The molecule has 1 aliphatic heterocycles. The van der Waals surface area contributed by atoms with E-state index >= 15 is 0 Å². The number of carbonyl (C=O) groups is 1. The molecule has 1 saturated heterocycles. The molecule has 1 fully saturated rings. The van der Waals surface area contributed by atoms with Gasteiger partial charge in [0.1, 0.15) is 0 Å². The summed E-state index contributed by atoms with van der Waals surface area (Å²) in [7, 11) is 0. The first-order valence-electron chi connectivity index (χ1n) is 4.06. The first-order valence-corrected chi connectivity index (χ1v) is 4.06. The summed E-state index contributed by atoms with van der Waals surface area (Å²) in [5.74, 6) is -6.43. The molecule has 14 heavy (non-hydrogen) atoms. The smallest absolute Gasteiger partial charge is 0.336 e. The summed E-state index contributed by atoms with van der Waals surface area (Å²) in [6.45, 7) is -0.0660. The number of alkyl halides is 4. The van der Waals surface area contributed by atoms with Crippen LogP contribution in [0.1, 0.15) is 6.42 Å². The molecule has 1 aliphatic rings. The van der Waals surface area contributed by atoms with E-state index in [1.165, 1.54) is 0 Å². The van der Waals surface area contributed by atoms with Crippen LogP contribution >= 0.6 is 0 Å². The van der Waals surface area contributed by atoms with Gasteiger partial charge in [-0.25, -0.2) is 8.78 Å². The number of carbonyl (C=O) groups excluding carboxylic acids is 1. The molecule has 0 saturated carbocycles. The Kier molecular flexibility index (Phi) is 2.98. The molecule has 1 atom stereocenters. The molecule has 3 nitrogen and oxygen atoms in total. The van der Waals surface area contributed by atoms with Crippen molar-refractivity contribution < 1.29 is 22.4 Å². The van der Waals surface area contributed by atoms with Crippen molar-refractivity contribution in [2.24, 2.45) is 5.73 Å². The first-order chi connectivity index (χ1) is 6.35. The Morgan fingerprint density at radius 1 is 1.50 bits per heavy atom. The van der Waals surface area contributed by atoms with Crippen LogP contribution in [0.15, 0.2) is 0 Å². The standard InChI is InChI=1S/C7H10F4N2O/c8-5(9)7(10,11)6(14)13-2-1-4(12)3-13/h4-5H,1-3,12H2. The zero-order valence-electron chi connectivity index (χ0n) is 7.22. The zero-order valence-corrected chi connectivity index (χ0v) is 7.22. The van der Waals surface area contributed by atoms with Gasteiger partial charge in [0.15, 0.2) is 0 Å². The summed E-state index contributed by atoms with van der Waals surface area (Å²) in [6.07, 6.45) is -3.60. The number of nitrogens with two attached hydrogens (primary N) is 1. The first kappa shape index (κ1) is 11.2. The van der Waals surface area contributed by atoms with Gasteiger partial charge < -0.3 is 10.6 Å². The van der Waals surface area contributed by atoms with Crippen molar-refractivity contribution in [3.05, 3.63) is 0 Å². The van der Waals surface area contributed by atoms with Crippen molar-refractivity contribution in [3.8, 4) is 0 Å². The lowest BCUT2D eigenvalue weighted by Crippen LogP contribution is -2.47. The summed E-state index contributed by atoms with van der Waals surface area (Å²) < 4.78 is 48.6. The fraction of sp³-hybridized carbons (Fsp3) is 0.857. The molecule has 1 rings (SSSR count). The summed E-state index contributed by atoms with van der Waals surface area (Å²) in [4.78, 5) is 11.6. The van der Waals surface area contributed by atoms with Gasteiger partial charge in [0, 0.05) is 19.1 Å². The molecular formula is C7H10F4N2O. The van der Waals surface area contributed by atoms with Crippen LogP contribution in [-0.4, -0.2) is 42.3 Å². The molecule has 0 bridgehead atoms. The fourth-order valence-corrected chi connectivity index (χ4v) is 1.28. The highest BCUT2D eigenvalue weighted by Crippen LogP contribution is 2.26. The van der Waals surface area contributed by atoms with Gasteiger partial charge in [-0.05, 0) is 6.42 Å². The van der Waals surface area contributed by atoms with Crippen molar-refractivity contribution in [1.82, 2.24) is 4.90 Å². The summed E-state index contributed by atoms with van der Waals surface area (Å²) in [5.41, 5.74) is 5.36. The second-order valence-corrected chi connectivity index (χ2v) is 3.22. The van der Waals surface area contributed by atoms with Gasteiger partial charge in [-0.1, -0.05) is 0 Å². The van der Waals surface area contributed by atoms with Gasteiger partial charge in [0.25, 0.3) is 5.91 Å². The van der Waals surface area contributed by atoms with Gasteiger partial charge in [-0.3, -0.25) is 4.79 Å². The lowest BCUT2D eigenvalue weighted by atomic mass is 10.3. The number of nitrogens with zero attached hydrogens (tertiary/aromatic N) is 1. The third-order valence-electron chi connectivity index (χ3n) is 2.07. The maximum Gasteiger partial charge on any atom is 0.383 e. The van der Waals surface area contributed by atoms with Crippen molar-refractivity contribution in [2.75, 3.05) is 13.1 Å². The second kappa shape index (κ2) is 3.72. The average Bonchev–Trinajstić information content (AvgIpc) is 2.50. The summed E-state index contributed by atoms with van der Waals surface area (Å²) in [6, 6.07) is -0.396. The highest BCUT2D eigenvalue weighted by atomic mass is 19.3. The average molecular weight is 214 g/mol. The van der Waals surface area contributed by atoms with Gasteiger partial charge in [0.2, 0.25) is 0 Å². The highest BCUT2D eigenvalue weighted by Gasteiger charge is 2.51. The van der Waals surface area contributed by atoms with E-state index in [0.29, 0.717) is 11.3 Å². The maximum atomic E-state index is 12.5. The molecule has 0 aliphatic carbocycles. The van der Waals surface area contributed by atoms with Crippen LogP contribution in [0.5, 0.6) is 0 Å². The number of rotatable bonds is 2. The van der Waals surface area contributed by atoms with E-state index in [-0.39, 0.29) is 13.1 Å². The van der Waals surface area contributed by atoms with Crippen molar-refractivity contribution in [3.63, 3.8) is 0 Å². The molecule has 0 spiro atoms. The Morgan fingerprint density at radius 2 is 2.07 bits per heavy atom. The van der Waals surface area contributed by atoms with E-state index in [1.807, 2.05) is 0 Å². The largest absolute Gasteiger partial charge is 0.383 e. The Morgan fingerprint density at radius 3 is 2.43 bits per heavy atom. The normalized spacial score (nSPS) is 23.3. The third kappa shape index (κ3) is 1.97. The third-order valence-corrected chi connectivity index (χ3v) is 2.07. The van der Waals surface area contributed by atoms with E-state index in [1.54, 1.807) is 0 Å². The zero-order chi connectivity index (χ0) is 10.9. The van der Waals surface area contributed by atoms with E-state index < -0.39 is 24.3 Å². The van der Waals surface area contributed by atoms with Crippen molar-refractivity contribution in [2.45, 2.75) is 24.8 Å². The molecule has 0 aromatic carbocycles. The minimum absolute atomic E-state index is 0.0162. The molecule has 1 heterocycles. The van der Waals surface area contributed by atoms with Crippen molar-refractivity contribution >= 4 is 5.91 Å². The van der Waals surface area contributed by atoms with E-state index in [4.69, 9.17) is 5.73 Å². The quantitative estimate of drug-likeness (QED) is 0.678. The molecular weight excluding hydrogens is 204 g/mol. The van der Waals surface area contributed by atoms with E-state index in [9.17, 15) is 22.4 Å². The van der Waals surface area contributed by atoms with E-state index in [2.05, 4.69) is 0 Å². The fourth-order valence-electron chi connectivity index (χ4n) is 1.28. The topological polar surface area (TPSA) is 46.3 Å². The number of halogens is 4. The number of hydrogen-bond acceptors (Lipinski definition) is 2. The maximum absolute atomic E-state index is 12.5. The number of hydrogen-bond donors (Lipinski definition) is 1. The predicted octanol–water partition coefficient (Wildman–Crippen LogP) is 0.446. The predicted molar refractivity (Wildman–Crippen MR) is 40.1 cm³/mol. The molecule has 0 aromatic rings. The SMILES string of the molecule is NC1CCN(C(=O)C(F)(F)C(F)F)C1. The lowest BCUT2D eigenvalue weighted by Gasteiger charge is -2.21. The van der Waals surface area contributed by atoms with Gasteiger partial charge in [-0.15, -0.1) is 0 Å². The van der Waals surface area contributed by atoms with Crippen LogP contribution < -0.4 is 5.73 Å². The monoisotopic (exact) mass is 214 g/mol. The number of amides is 1. The van der Waals surface area contributed by atoms with Crippen LogP contribution in [0.25, 0.3) is 0 Å². The molecule has 2 N–H and O–H groups in total. The van der Waals surface area contributed by atoms with Crippen LogP contribution in [0.3, 0.4) is 0 Å². The van der Waals surface area contributed by atoms with Gasteiger partial charge in [-0.2, -0.15) is 8.78 Å². The minimum atomic E-state index is -4.59. The lowest BCUT2D eigenvalue weighted by molar-refractivity contribution is -0.179. The Bertz CT molecular complexity index is 234. The molecule has 1 unspecified atom stereocenters. The Balaban J connectivity index is 2.65. The minimum Gasteiger partial charge on any atom is -0.336 e. The van der Waals surface area contributed by atoms with Crippen LogP contribution in [0.4, 0.5) is 17.6 Å². The highest BCUT2D eigenvalue weighted by molar-refractivity contribution is 5.84. The second-order valence-electron chi connectivity index (χ2n) is 3.22. The van der Waals surface area contributed by atoms with Gasteiger partial charge >= 0.3 is 12.3 Å². The van der Waals surface area contributed by atoms with Crippen molar-refractivity contribution in [1.29, 1.82) is 0 Å². The van der Waals surface area contributed by atoms with Crippen LogP contribution in [0.2, 0.25) is 0 Å². The number of likely N-dealkylation sites (tertiary alicyclic amines) is 1. The van der Waals surface area contributed by atoms with Gasteiger partial charge in [0.05, 0.1) is 0 Å². The summed E-state index contributed by atoms with van der Waals surface area (Å²) >= 11 is 0. The summed E-state index contributed by atoms with van der Waals surface area (Å²) in [5, 5.41) is 0. The van der Waals surface area contributed by atoms with Crippen LogP contribution in [0, 0.1) is 0 Å². The molecule has 0 aromatic heterocycles.